The minimum Gasteiger partial charge on any atom is -0.381 e. The standard InChI is InChI=1S/C23H34N2O2/c1-24-15-21(17-27-16-20-7-8-20)23(18-24)11-13-25(14-12-23)22(26)10-9-19-5-3-2-4-6-19/h2-6,20-21H,7-18H2,1H3/t21-/m1/s1. The second kappa shape index (κ2) is 8.32. The van der Waals surface area contributed by atoms with Crippen LogP contribution in [0.25, 0.3) is 0 Å². The predicted octanol–water partition coefficient (Wildman–Crippen LogP) is 3.22. The minimum atomic E-state index is 0.321. The van der Waals surface area contributed by atoms with Crippen LogP contribution in [0.1, 0.15) is 37.7 Å². The molecule has 148 valence electrons. The van der Waals surface area contributed by atoms with Crippen LogP contribution in [-0.4, -0.2) is 62.1 Å². The Bertz CT molecular complexity index is 621. The molecular weight excluding hydrogens is 336 g/mol. The smallest absolute Gasteiger partial charge is 0.222 e. The zero-order valence-corrected chi connectivity index (χ0v) is 16.7. The second-order valence-electron chi connectivity index (χ2n) is 9.10. The molecule has 1 atom stereocenters. The average Bonchev–Trinajstić information content (AvgIpc) is 3.46. The van der Waals surface area contributed by atoms with E-state index in [-0.39, 0.29) is 0 Å². The van der Waals surface area contributed by atoms with Gasteiger partial charge in [0, 0.05) is 45.1 Å². The number of carbonyl (C=O) groups excluding carboxylic acids is 1. The fourth-order valence-electron chi connectivity index (χ4n) is 5.01. The van der Waals surface area contributed by atoms with Gasteiger partial charge in [0.25, 0.3) is 0 Å². The van der Waals surface area contributed by atoms with Gasteiger partial charge >= 0.3 is 0 Å². The maximum atomic E-state index is 12.7. The quantitative estimate of drug-likeness (QED) is 0.739. The average molecular weight is 371 g/mol. The number of ether oxygens (including phenoxy) is 1. The normalized spacial score (nSPS) is 25.2. The van der Waals surface area contributed by atoms with Gasteiger partial charge in [-0.3, -0.25) is 4.79 Å². The fraction of sp³-hybridized carbons (Fsp3) is 0.696. The molecule has 0 unspecified atom stereocenters. The summed E-state index contributed by atoms with van der Waals surface area (Å²) >= 11 is 0. The van der Waals surface area contributed by atoms with Gasteiger partial charge < -0.3 is 14.5 Å². The number of hydrogen-bond acceptors (Lipinski definition) is 3. The molecule has 1 amide bonds. The first-order chi connectivity index (χ1) is 13.1. The number of likely N-dealkylation sites (tertiary alicyclic amines) is 2. The van der Waals surface area contributed by atoms with Crippen molar-refractivity contribution in [2.45, 2.75) is 38.5 Å². The molecule has 1 saturated carbocycles. The van der Waals surface area contributed by atoms with Gasteiger partial charge in [-0.25, -0.2) is 0 Å². The molecule has 1 spiro atoms. The Labute approximate surface area is 163 Å². The summed E-state index contributed by atoms with van der Waals surface area (Å²) < 4.78 is 6.07. The van der Waals surface area contributed by atoms with E-state index < -0.39 is 0 Å². The zero-order valence-electron chi connectivity index (χ0n) is 16.7. The number of rotatable bonds is 7. The Balaban J connectivity index is 1.26. The van der Waals surface area contributed by atoms with Gasteiger partial charge in [0.1, 0.15) is 0 Å². The molecule has 0 N–H and O–H groups in total. The lowest BCUT2D eigenvalue weighted by atomic mass is 9.71. The van der Waals surface area contributed by atoms with Gasteiger partial charge in [-0.1, -0.05) is 30.3 Å². The Morgan fingerprint density at radius 1 is 1.15 bits per heavy atom. The topological polar surface area (TPSA) is 32.8 Å². The first kappa shape index (κ1) is 18.9. The van der Waals surface area contributed by atoms with E-state index in [4.69, 9.17) is 4.74 Å². The molecular formula is C23H34N2O2. The summed E-state index contributed by atoms with van der Waals surface area (Å²) in [5.74, 6) is 1.79. The van der Waals surface area contributed by atoms with Crippen LogP contribution in [0.15, 0.2) is 30.3 Å². The van der Waals surface area contributed by atoms with Gasteiger partial charge in [0.2, 0.25) is 5.91 Å². The Kier molecular flexibility index (Phi) is 5.84. The van der Waals surface area contributed by atoms with E-state index in [2.05, 4.69) is 29.0 Å². The van der Waals surface area contributed by atoms with Crippen molar-refractivity contribution in [1.29, 1.82) is 0 Å². The van der Waals surface area contributed by atoms with E-state index in [1.54, 1.807) is 0 Å². The summed E-state index contributed by atoms with van der Waals surface area (Å²) in [6.45, 7) is 6.01. The molecule has 4 nitrogen and oxygen atoms in total. The zero-order chi connectivity index (χ0) is 18.7. The third-order valence-electron chi connectivity index (χ3n) is 6.93. The Morgan fingerprint density at radius 3 is 2.59 bits per heavy atom. The number of carbonyl (C=O) groups is 1. The van der Waals surface area contributed by atoms with E-state index in [1.807, 2.05) is 18.2 Å². The Morgan fingerprint density at radius 2 is 1.89 bits per heavy atom. The lowest BCUT2D eigenvalue weighted by Gasteiger charge is -2.42. The van der Waals surface area contributed by atoms with Gasteiger partial charge in [-0.05, 0) is 56.0 Å². The molecule has 2 aliphatic heterocycles. The highest BCUT2D eigenvalue weighted by Crippen LogP contribution is 2.44. The molecule has 0 bridgehead atoms. The molecule has 1 aliphatic carbocycles. The molecule has 4 heteroatoms. The Hall–Kier alpha value is -1.39. The SMILES string of the molecule is CN1C[C@H](COCC2CC2)C2(CCN(C(=O)CCc3ccccc3)CC2)C1. The van der Waals surface area contributed by atoms with Crippen molar-refractivity contribution < 1.29 is 9.53 Å². The van der Waals surface area contributed by atoms with Crippen LogP contribution in [0.5, 0.6) is 0 Å². The molecule has 1 aromatic carbocycles. The van der Waals surface area contributed by atoms with Crippen LogP contribution < -0.4 is 0 Å². The molecule has 0 radical (unpaired) electrons. The van der Waals surface area contributed by atoms with Crippen LogP contribution in [0, 0.1) is 17.3 Å². The van der Waals surface area contributed by atoms with E-state index in [9.17, 15) is 4.79 Å². The second-order valence-corrected chi connectivity index (χ2v) is 9.10. The summed E-state index contributed by atoms with van der Waals surface area (Å²) in [6, 6.07) is 10.3. The van der Waals surface area contributed by atoms with Crippen molar-refractivity contribution in [2.75, 3.05) is 46.4 Å². The molecule has 3 aliphatic rings. The van der Waals surface area contributed by atoms with Gasteiger partial charge in [-0.15, -0.1) is 0 Å². The van der Waals surface area contributed by atoms with E-state index in [0.29, 0.717) is 23.7 Å². The fourth-order valence-corrected chi connectivity index (χ4v) is 5.01. The van der Waals surface area contributed by atoms with Crippen molar-refractivity contribution in [3.05, 3.63) is 35.9 Å². The summed E-state index contributed by atoms with van der Waals surface area (Å²) in [6.07, 6.45) is 6.45. The van der Waals surface area contributed by atoms with Crippen molar-refractivity contribution >= 4 is 5.91 Å². The van der Waals surface area contributed by atoms with E-state index >= 15 is 0 Å². The van der Waals surface area contributed by atoms with Crippen LogP contribution in [0.3, 0.4) is 0 Å². The van der Waals surface area contributed by atoms with Gasteiger partial charge in [0.15, 0.2) is 0 Å². The highest BCUT2D eigenvalue weighted by atomic mass is 16.5. The highest BCUT2D eigenvalue weighted by Gasteiger charge is 2.47. The van der Waals surface area contributed by atoms with E-state index in [1.165, 1.54) is 18.4 Å². The minimum absolute atomic E-state index is 0.321. The maximum Gasteiger partial charge on any atom is 0.222 e. The first-order valence-electron chi connectivity index (χ1n) is 10.7. The maximum absolute atomic E-state index is 12.7. The summed E-state index contributed by atoms with van der Waals surface area (Å²) in [5, 5.41) is 0. The van der Waals surface area contributed by atoms with Crippen molar-refractivity contribution in [3.63, 3.8) is 0 Å². The lowest BCUT2D eigenvalue weighted by molar-refractivity contribution is -0.134. The molecule has 27 heavy (non-hydrogen) atoms. The van der Waals surface area contributed by atoms with Crippen molar-refractivity contribution in [3.8, 4) is 0 Å². The van der Waals surface area contributed by atoms with Crippen LogP contribution in [0.2, 0.25) is 0 Å². The van der Waals surface area contributed by atoms with Crippen LogP contribution >= 0.6 is 0 Å². The molecule has 3 fully saturated rings. The number of nitrogens with zero attached hydrogens (tertiary/aromatic N) is 2. The molecule has 0 aromatic heterocycles. The van der Waals surface area contributed by atoms with Crippen LogP contribution in [-0.2, 0) is 16.0 Å². The molecule has 2 heterocycles. The number of piperidine rings is 1. The summed E-state index contributed by atoms with van der Waals surface area (Å²) in [5.41, 5.74) is 1.61. The van der Waals surface area contributed by atoms with Crippen LogP contribution in [0.4, 0.5) is 0 Å². The number of amides is 1. The largest absolute Gasteiger partial charge is 0.381 e. The van der Waals surface area contributed by atoms with Gasteiger partial charge in [0.05, 0.1) is 6.61 Å². The van der Waals surface area contributed by atoms with Crippen molar-refractivity contribution in [2.24, 2.45) is 17.3 Å². The third-order valence-corrected chi connectivity index (χ3v) is 6.93. The van der Waals surface area contributed by atoms with Gasteiger partial charge in [-0.2, -0.15) is 0 Å². The van der Waals surface area contributed by atoms with E-state index in [0.717, 1.165) is 64.6 Å². The summed E-state index contributed by atoms with van der Waals surface area (Å²) in [7, 11) is 2.24. The number of benzene rings is 1. The molecule has 2 saturated heterocycles. The highest BCUT2D eigenvalue weighted by molar-refractivity contribution is 5.76. The first-order valence-corrected chi connectivity index (χ1v) is 10.7. The lowest BCUT2D eigenvalue weighted by Crippen LogP contribution is -2.47. The van der Waals surface area contributed by atoms with Crippen molar-refractivity contribution in [1.82, 2.24) is 9.80 Å². The summed E-state index contributed by atoms with van der Waals surface area (Å²) in [4.78, 5) is 17.2. The monoisotopic (exact) mass is 370 g/mol. The molecule has 4 rings (SSSR count). The predicted molar refractivity (Wildman–Crippen MR) is 108 cm³/mol. The number of aryl methyl sites for hydroxylation is 1. The third kappa shape index (κ3) is 4.72. The number of hydrogen-bond donors (Lipinski definition) is 0. The molecule has 1 aromatic rings.